The summed E-state index contributed by atoms with van der Waals surface area (Å²) in [7, 11) is 0. The molecule has 0 saturated carbocycles. The average Bonchev–Trinajstić information content (AvgIpc) is 3.50. The van der Waals surface area contributed by atoms with Gasteiger partial charge in [-0.05, 0) is 96.9 Å². The van der Waals surface area contributed by atoms with E-state index in [1.54, 1.807) is 24.5 Å². The number of nitrogens with one attached hydrogen (secondary N) is 1. The van der Waals surface area contributed by atoms with E-state index in [2.05, 4.69) is 45.5 Å². The molecule has 0 aliphatic carbocycles. The third-order valence-electron chi connectivity index (χ3n) is 8.41. The molecule has 1 amide bonds. The SMILES string of the molecule is N#Cc1cccc(-c2ccc3c(c2)CCN(CC(=O)Nc2cc(Cl)cc(Cl)c2)C3C2CCN(Cc3ccoc3)CC2)c1. The lowest BCUT2D eigenvalue weighted by molar-refractivity contribution is -0.118. The predicted molar refractivity (Wildman–Crippen MR) is 166 cm³/mol. The first kappa shape index (κ1) is 28.5. The topological polar surface area (TPSA) is 72.5 Å². The van der Waals surface area contributed by atoms with Crippen molar-refractivity contribution in [2.75, 3.05) is 31.5 Å². The van der Waals surface area contributed by atoms with Gasteiger partial charge in [0, 0.05) is 40.4 Å². The molecule has 2 aliphatic rings. The Morgan fingerprint density at radius 2 is 1.76 bits per heavy atom. The molecule has 3 heterocycles. The van der Waals surface area contributed by atoms with Crippen LogP contribution in [0.1, 0.15) is 41.1 Å². The first-order chi connectivity index (χ1) is 20.4. The van der Waals surface area contributed by atoms with Gasteiger partial charge < -0.3 is 9.73 Å². The van der Waals surface area contributed by atoms with Crippen LogP contribution in [0.2, 0.25) is 10.0 Å². The Bertz CT molecular complexity index is 1590. The summed E-state index contributed by atoms with van der Waals surface area (Å²) in [5, 5.41) is 13.4. The summed E-state index contributed by atoms with van der Waals surface area (Å²) in [4.78, 5) is 18.1. The first-order valence-electron chi connectivity index (χ1n) is 14.3. The molecule has 0 bridgehead atoms. The van der Waals surface area contributed by atoms with Gasteiger partial charge in [-0.15, -0.1) is 0 Å². The van der Waals surface area contributed by atoms with Crippen LogP contribution in [0.5, 0.6) is 0 Å². The van der Waals surface area contributed by atoms with E-state index in [0.717, 1.165) is 56.6 Å². The molecule has 214 valence electrons. The van der Waals surface area contributed by atoms with Crippen molar-refractivity contribution in [3.05, 3.63) is 112 Å². The van der Waals surface area contributed by atoms with Gasteiger partial charge in [-0.25, -0.2) is 0 Å². The van der Waals surface area contributed by atoms with Crippen molar-refractivity contribution in [1.29, 1.82) is 5.26 Å². The fourth-order valence-corrected chi connectivity index (χ4v) is 6.99. The maximum atomic E-state index is 13.3. The van der Waals surface area contributed by atoms with Crippen molar-refractivity contribution in [2.24, 2.45) is 5.92 Å². The Kier molecular flexibility index (Phi) is 8.64. The number of furan rings is 1. The predicted octanol–water partition coefficient (Wildman–Crippen LogP) is 7.58. The van der Waals surface area contributed by atoms with E-state index in [1.807, 2.05) is 30.5 Å². The minimum atomic E-state index is -0.0795. The second kappa shape index (κ2) is 12.7. The largest absolute Gasteiger partial charge is 0.472 e. The quantitative estimate of drug-likeness (QED) is 0.237. The van der Waals surface area contributed by atoms with Gasteiger partial charge in [0.1, 0.15) is 0 Å². The number of rotatable bonds is 7. The molecule has 3 aromatic carbocycles. The summed E-state index contributed by atoms with van der Waals surface area (Å²) in [6.07, 6.45) is 6.51. The molecule has 6 rings (SSSR count). The molecule has 1 unspecified atom stereocenters. The van der Waals surface area contributed by atoms with Gasteiger partial charge in [0.25, 0.3) is 0 Å². The van der Waals surface area contributed by atoms with Crippen molar-refractivity contribution in [1.82, 2.24) is 9.80 Å². The van der Waals surface area contributed by atoms with E-state index >= 15 is 0 Å². The number of hydrogen-bond donors (Lipinski definition) is 1. The highest BCUT2D eigenvalue weighted by molar-refractivity contribution is 6.35. The molecule has 42 heavy (non-hydrogen) atoms. The van der Waals surface area contributed by atoms with Crippen LogP contribution < -0.4 is 5.32 Å². The van der Waals surface area contributed by atoms with Crippen molar-refractivity contribution in [2.45, 2.75) is 31.8 Å². The van der Waals surface area contributed by atoms with E-state index in [9.17, 15) is 10.1 Å². The van der Waals surface area contributed by atoms with E-state index in [-0.39, 0.29) is 18.5 Å². The van der Waals surface area contributed by atoms with Crippen LogP contribution in [-0.4, -0.2) is 41.9 Å². The number of carbonyl (C=O) groups excluding carboxylic acids is 1. The molecule has 0 radical (unpaired) electrons. The summed E-state index contributed by atoms with van der Waals surface area (Å²) in [6.45, 7) is 3.97. The number of nitriles is 1. The molecular formula is C34H32Cl2N4O2. The van der Waals surface area contributed by atoms with Crippen molar-refractivity contribution < 1.29 is 9.21 Å². The minimum Gasteiger partial charge on any atom is -0.472 e. The molecule has 8 heteroatoms. The van der Waals surface area contributed by atoms with Crippen molar-refractivity contribution >= 4 is 34.8 Å². The van der Waals surface area contributed by atoms with Gasteiger partial charge in [0.15, 0.2) is 0 Å². The summed E-state index contributed by atoms with van der Waals surface area (Å²) in [6, 6.07) is 23.9. The molecule has 2 aliphatic heterocycles. The lowest BCUT2D eigenvalue weighted by Crippen LogP contribution is -2.46. The number of piperidine rings is 1. The number of benzene rings is 3. The first-order valence-corrected chi connectivity index (χ1v) is 15.1. The summed E-state index contributed by atoms with van der Waals surface area (Å²) >= 11 is 12.3. The van der Waals surface area contributed by atoms with E-state index in [0.29, 0.717) is 27.2 Å². The number of carbonyl (C=O) groups is 1. The highest BCUT2D eigenvalue weighted by Crippen LogP contribution is 2.41. The Balaban J connectivity index is 1.24. The van der Waals surface area contributed by atoms with Gasteiger partial charge in [-0.1, -0.05) is 53.5 Å². The van der Waals surface area contributed by atoms with Gasteiger partial charge in [-0.2, -0.15) is 5.26 Å². The van der Waals surface area contributed by atoms with Crippen LogP contribution in [0.25, 0.3) is 11.1 Å². The lowest BCUT2D eigenvalue weighted by Gasteiger charge is -2.44. The smallest absolute Gasteiger partial charge is 0.238 e. The molecule has 1 saturated heterocycles. The van der Waals surface area contributed by atoms with Gasteiger partial charge >= 0.3 is 0 Å². The Morgan fingerprint density at radius 3 is 2.50 bits per heavy atom. The number of hydrogen-bond acceptors (Lipinski definition) is 5. The molecule has 1 atom stereocenters. The van der Waals surface area contributed by atoms with Crippen LogP contribution in [-0.2, 0) is 17.8 Å². The second-order valence-corrected chi connectivity index (χ2v) is 12.1. The second-order valence-electron chi connectivity index (χ2n) is 11.2. The normalized spacial score (nSPS) is 17.9. The Morgan fingerprint density at radius 1 is 0.976 bits per heavy atom. The fourth-order valence-electron chi connectivity index (χ4n) is 6.47. The molecule has 1 fully saturated rings. The van der Waals surface area contributed by atoms with Crippen molar-refractivity contribution in [3.63, 3.8) is 0 Å². The lowest BCUT2D eigenvalue weighted by atomic mass is 9.79. The number of fused-ring (bicyclic) bond motifs is 1. The van der Waals surface area contributed by atoms with Gasteiger partial charge in [-0.3, -0.25) is 14.6 Å². The van der Waals surface area contributed by atoms with Crippen LogP contribution in [0.4, 0.5) is 5.69 Å². The monoisotopic (exact) mass is 598 g/mol. The van der Waals surface area contributed by atoms with E-state index in [4.69, 9.17) is 27.6 Å². The molecule has 0 spiro atoms. The zero-order valence-electron chi connectivity index (χ0n) is 23.2. The fraction of sp³-hybridized carbons (Fsp3) is 0.294. The van der Waals surface area contributed by atoms with E-state index < -0.39 is 0 Å². The van der Waals surface area contributed by atoms with E-state index in [1.165, 1.54) is 16.7 Å². The Hall–Kier alpha value is -3.60. The van der Waals surface area contributed by atoms with Crippen LogP contribution >= 0.6 is 23.2 Å². The van der Waals surface area contributed by atoms with Crippen LogP contribution in [0, 0.1) is 17.2 Å². The van der Waals surface area contributed by atoms with Crippen LogP contribution in [0.3, 0.4) is 0 Å². The summed E-state index contributed by atoms with van der Waals surface area (Å²) in [5.74, 6) is 0.343. The number of amides is 1. The summed E-state index contributed by atoms with van der Waals surface area (Å²) in [5.41, 5.74) is 7.23. The van der Waals surface area contributed by atoms with Gasteiger partial charge in [0.2, 0.25) is 5.91 Å². The highest BCUT2D eigenvalue weighted by atomic mass is 35.5. The number of likely N-dealkylation sites (tertiary alicyclic amines) is 1. The highest BCUT2D eigenvalue weighted by Gasteiger charge is 2.36. The molecule has 4 aromatic rings. The maximum Gasteiger partial charge on any atom is 0.238 e. The zero-order valence-corrected chi connectivity index (χ0v) is 24.7. The van der Waals surface area contributed by atoms with Gasteiger partial charge in [0.05, 0.1) is 30.7 Å². The molecule has 1 aromatic heterocycles. The average molecular weight is 600 g/mol. The zero-order chi connectivity index (χ0) is 29.1. The van der Waals surface area contributed by atoms with Crippen LogP contribution in [0.15, 0.2) is 83.7 Å². The standard InChI is InChI=1S/C34H32Cl2N4O2/c35-29-16-30(36)18-31(17-29)38-33(41)21-40-12-8-28-15-27(26-3-1-2-23(14-26)19-37)4-5-32(28)34(40)25-6-10-39(11-7-25)20-24-9-13-42-22-24/h1-5,9,13-18,22,25,34H,6-8,10-12,20-21H2,(H,38,41). The third kappa shape index (κ3) is 6.56. The number of nitrogens with zero attached hydrogens (tertiary/aromatic N) is 3. The minimum absolute atomic E-state index is 0.0795. The number of halogens is 2. The Labute approximate surface area is 256 Å². The number of anilines is 1. The van der Waals surface area contributed by atoms with Crippen molar-refractivity contribution in [3.8, 4) is 17.2 Å². The maximum absolute atomic E-state index is 13.3. The molecular weight excluding hydrogens is 567 g/mol. The molecule has 6 nitrogen and oxygen atoms in total. The molecule has 1 N–H and O–H groups in total. The summed E-state index contributed by atoms with van der Waals surface area (Å²) < 4.78 is 5.27. The third-order valence-corrected chi connectivity index (χ3v) is 8.84.